The molecule has 2 rings (SSSR count). The van der Waals surface area contributed by atoms with Gasteiger partial charge in [-0.25, -0.2) is 0 Å². The van der Waals surface area contributed by atoms with Crippen molar-refractivity contribution in [3.05, 3.63) is 22.6 Å². The second kappa shape index (κ2) is 6.90. The van der Waals surface area contributed by atoms with Crippen molar-refractivity contribution in [1.29, 1.82) is 0 Å². The van der Waals surface area contributed by atoms with Crippen molar-refractivity contribution in [3.8, 4) is 0 Å². The van der Waals surface area contributed by atoms with Crippen LogP contribution in [0.4, 0.5) is 0 Å². The van der Waals surface area contributed by atoms with E-state index in [2.05, 4.69) is 26.6 Å². The van der Waals surface area contributed by atoms with E-state index in [0.717, 1.165) is 19.3 Å². The van der Waals surface area contributed by atoms with E-state index in [4.69, 9.17) is 4.42 Å². The number of halogens is 1. The van der Waals surface area contributed by atoms with Crippen LogP contribution in [0.25, 0.3) is 0 Å². The predicted molar refractivity (Wildman–Crippen MR) is 75.1 cm³/mol. The molecule has 3 N–H and O–H groups in total. The van der Waals surface area contributed by atoms with Crippen LogP contribution in [0.3, 0.4) is 0 Å². The normalized spacial score (nSPS) is 22.3. The first-order valence-corrected chi connectivity index (χ1v) is 7.36. The zero-order valence-corrected chi connectivity index (χ0v) is 12.5. The van der Waals surface area contributed by atoms with Crippen LogP contribution >= 0.6 is 15.9 Å². The molecular weight excluding hydrogens is 328 g/mol. The minimum absolute atomic E-state index is 0.139. The quantitative estimate of drug-likeness (QED) is 0.765. The number of hydrogen-bond acceptors (Lipinski definition) is 4. The van der Waals surface area contributed by atoms with Gasteiger partial charge in [0.2, 0.25) is 5.91 Å². The average Bonchev–Trinajstić information content (AvgIpc) is 2.85. The van der Waals surface area contributed by atoms with Gasteiger partial charge >= 0.3 is 0 Å². The number of aliphatic hydroxyl groups excluding tert-OH is 1. The Labute approximate surface area is 125 Å². The van der Waals surface area contributed by atoms with Crippen molar-refractivity contribution in [2.75, 3.05) is 6.54 Å². The maximum Gasteiger partial charge on any atom is 0.287 e. The molecule has 0 aromatic carbocycles. The molecule has 0 radical (unpaired) electrons. The minimum atomic E-state index is -0.496. The van der Waals surface area contributed by atoms with Gasteiger partial charge in [-0.1, -0.05) is 12.8 Å². The molecule has 1 heterocycles. The van der Waals surface area contributed by atoms with E-state index in [9.17, 15) is 14.7 Å². The van der Waals surface area contributed by atoms with Crippen molar-refractivity contribution in [1.82, 2.24) is 10.6 Å². The molecule has 2 amide bonds. The summed E-state index contributed by atoms with van der Waals surface area (Å²) >= 11 is 3.10. The molecule has 2 unspecified atom stereocenters. The number of aliphatic hydroxyl groups is 1. The molecule has 0 spiro atoms. The van der Waals surface area contributed by atoms with Crippen LogP contribution in [0, 0.1) is 0 Å². The lowest BCUT2D eigenvalue weighted by atomic mass is 9.92. The summed E-state index contributed by atoms with van der Waals surface area (Å²) in [7, 11) is 0. The molecule has 1 fully saturated rings. The number of amides is 2. The van der Waals surface area contributed by atoms with Crippen LogP contribution < -0.4 is 10.6 Å². The van der Waals surface area contributed by atoms with Gasteiger partial charge in [0.1, 0.15) is 0 Å². The Morgan fingerprint density at radius 3 is 2.75 bits per heavy atom. The smallest absolute Gasteiger partial charge is 0.287 e. The second-order valence-corrected chi connectivity index (χ2v) is 5.59. The van der Waals surface area contributed by atoms with Gasteiger partial charge in [0.25, 0.3) is 5.91 Å². The number of carbonyl (C=O) groups excluding carboxylic acids is 2. The third-order valence-electron chi connectivity index (χ3n) is 3.28. The van der Waals surface area contributed by atoms with E-state index in [1.165, 1.54) is 6.07 Å². The number of rotatable bonds is 4. The van der Waals surface area contributed by atoms with Crippen LogP contribution in [0.2, 0.25) is 0 Å². The SMILES string of the molecule is O=C(CNC(=O)c1ccc(Br)o1)NC1CCCCC1O. The summed E-state index contributed by atoms with van der Waals surface area (Å²) < 4.78 is 5.53. The Kier molecular flexibility index (Phi) is 5.19. The highest BCUT2D eigenvalue weighted by Gasteiger charge is 2.24. The first-order chi connectivity index (χ1) is 9.56. The molecule has 1 aromatic heterocycles. The Morgan fingerprint density at radius 2 is 2.10 bits per heavy atom. The monoisotopic (exact) mass is 344 g/mol. The molecule has 6 nitrogen and oxygen atoms in total. The first-order valence-electron chi connectivity index (χ1n) is 6.57. The summed E-state index contributed by atoms with van der Waals surface area (Å²) in [6.07, 6.45) is 2.96. The zero-order valence-electron chi connectivity index (χ0n) is 10.9. The summed E-state index contributed by atoms with van der Waals surface area (Å²) in [6, 6.07) is 2.90. The summed E-state index contributed by atoms with van der Waals surface area (Å²) in [6.45, 7) is -0.139. The van der Waals surface area contributed by atoms with Gasteiger partial charge < -0.3 is 20.2 Å². The highest BCUT2D eigenvalue weighted by atomic mass is 79.9. The van der Waals surface area contributed by atoms with Gasteiger partial charge in [-0.05, 0) is 40.9 Å². The maximum absolute atomic E-state index is 11.7. The van der Waals surface area contributed by atoms with E-state index in [-0.39, 0.29) is 24.3 Å². The lowest BCUT2D eigenvalue weighted by Crippen LogP contribution is -2.48. The summed E-state index contributed by atoms with van der Waals surface area (Å²) in [5, 5.41) is 15.0. The largest absolute Gasteiger partial charge is 0.444 e. The van der Waals surface area contributed by atoms with E-state index in [1.54, 1.807) is 6.07 Å². The van der Waals surface area contributed by atoms with Gasteiger partial charge in [0.15, 0.2) is 10.4 Å². The van der Waals surface area contributed by atoms with E-state index < -0.39 is 12.0 Å². The standard InChI is InChI=1S/C13H17BrN2O4/c14-11-6-5-10(20-11)13(19)15-7-12(18)16-8-3-1-2-4-9(8)17/h5-6,8-9,17H,1-4,7H2,(H,15,19)(H,16,18). The molecule has 0 bridgehead atoms. The molecule has 7 heteroatoms. The molecule has 1 aliphatic rings. The van der Waals surface area contributed by atoms with Crippen molar-refractivity contribution in [3.63, 3.8) is 0 Å². The van der Waals surface area contributed by atoms with Crippen LogP contribution in [0.1, 0.15) is 36.2 Å². The van der Waals surface area contributed by atoms with Crippen molar-refractivity contribution in [2.24, 2.45) is 0 Å². The van der Waals surface area contributed by atoms with Gasteiger partial charge in [0.05, 0.1) is 18.7 Å². The molecular formula is C13H17BrN2O4. The van der Waals surface area contributed by atoms with Gasteiger partial charge in [-0.2, -0.15) is 0 Å². The minimum Gasteiger partial charge on any atom is -0.444 e. The molecule has 1 aromatic rings. The van der Waals surface area contributed by atoms with Crippen molar-refractivity contribution >= 4 is 27.7 Å². The highest BCUT2D eigenvalue weighted by Crippen LogP contribution is 2.18. The molecule has 1 aliphatic carbocycles. The van der Waals surface area contributed by atoms with Crippen LogP contribution in [0.5, 0.6) is 0 Å². The van der Waals surface area contributed by atoms with Gasteiger partial charge in [-0.3, -0.25) is 9.59 Å². The topological polar surface area (TPSA) is 91.6 Å². The first kappa shape index (κ1) is 15.1. The lowest BCUT2D eigenvalue weighted by Gasteiger charge is -2.28. The Balaban J connectivity index is 1.76. The van der Waals surface area contributed by atoms with Crippen molar-refractivity contribution < 1.29 is 19.1 Å². The van der Waals surface area contributed by atoms with Crippen LogP contribution in [0.15, 0.2) is 21.2 Å². The number of hydrogen-bond donors (Lipinski definition) is 3. The molecule has 0 aliphatic heterocycles. The summed E-state index contributed by atoms with van der Waals surface area (Å²) in [5.41, 5.74) is 0. The van der Waals surface area contributed by atoms with E-state index in [1.807, 2.05) is 0 Å². The Bertz CT molecular complexity index is 488. The predicted octanol–water partition coefficient (Wildman–Crippen LogP) is 1.19. The third-order valence-corrected chi connectivity index (χ3v) is 3.71. The summed E-state index contributed by atoms with van der Waals surface area (Å²) in [4.78, 5) is 23.4. The molecule has 110 valence electrons. The number of furan rings is 1. The Morgan fingerprint density at radius 1 is 1.35 bits per heavy atom. The lowest BCUT2D eigenvalue weighted by molar-refractivity contribution is -0.122. The Hall–Kier alpha value is -1.34. The molecule has 20 heavy (non-hydrogen) atoms. The fourth-order valence-corrected chi connectivity index (χ4v) is 2.53. The van der Waals surface area contributed by atoms with Crippen LogP contribution in [-0.2, 0) is 4.79 Å². The highest BCUT2D eigenvalue weighted by molar-refractivity contribution is 9.10. The second-order valence-electron chi connectivity index (χ2n) is 4.81. The molecule has 1 saturated carbocycles. The maximum atomic E-state index is 11.7. The van der Waals surface area contributed by atoms with Gasteiger partial charge in [-0.15, -0.1) is 0 Å². The number of carbonyl (C=O) groups is 2. The van der Waals surface area contributed by atoms with E-state index in [0.29, 0.717) is 11.1 Å². The average molecular weight is 345 g/mol. The number of nitrogens with one attached hydrogen (secondary N) is 2. The zero-order chi connectivity index (χ0) is 14.5. The molecule has 0 saturated heterocycles. The van der Waals surface area contributed by atoms with Crippen molar-refractivity contribution in [2.45, 2.75) is 37.8 Å². The third kappa shape index (κ3) is 4.08. The fourth-order valence-electron chi connectivity index (χ4n) is 2.22. The fraction of sp³-hybridized carbons (Fsp3) is 0.538. The molecule has 2 atom stereocenters. The van der Waals surface area contributed by atoms with E-state index >= 15 is 0 Å². The summed E-state index contributed by atoms with van der Waals surface area (Å²) in [5.74, 6) is -0.618. The van der Waals surface area contributed by atoms with Gasteiger partial charge in [0, 0.05) is 0 Å². The van der Waals surface area contributed by atoms with Crippen LogP contribution in [-0.4, -0.2) is 35.6 Å².